The highest BCUT2D eigenvalue weighted by Gasteiger charge is 2.46. The zero-order valence-corrected chi connectivity index (χ0v) is 21.2. The monoisotopic (exact) mass is 424 g/mol. The molecule has 1 aliphatic carbocycles. The minimum atomic E-state index is -0.0674. The van der Waals surface area contributed by atoms with Gasteiger partial charge >= 0.3 is 0 Å². The van der Waals surface area contributed by atoms with Gasteiger partial charge in [0.1, 0.15) is 0 Å². The van der Waals surface area contributed by atoms with Gasteiger partial charge in [-0.25, -0.2) is 0 Å². The van der Waals surface area contributed by atoms with Crippen LogP contribution in [0.3, 0.4) is 0 Å². The van der Waals surface area contributed by atoms with Crippen LogP contribution in [0.15, 0.2) is 48.5 Å². The van der Waals surface area contributed by atoms with Gasteiger partial charge in [0.25, 0.3) is 0 Å². The normalized spacial score (nSPS) is 14.8. The summed E-state index contributed by atoms with van der Waals surface area (Å²) in [5, 5.41) is 0. The molecule has 0 radical (unpaired) electrons. The van der Waals surface area contributed by atoms with E-state index in [1.807, 2.05) is 0 Å². The van der Waals surface area contributed by atoms with Gasteiger partial charge in [-0.15, -0.1) is 0 Å². The van der Waals surface area contributed by atoms with Crippen LogP contribution < -0.4 is 0 Å². The molecular weight excluding hydrogens is 384 g/mol. The maximum Gasteiger partial charge on any atom is 0.0466 e. The molecule has 0 saturated carbocycles. The van der Waals surface area contributed by atoms with Gasteiger partial charge in [0.05, 0.1) is 0 Å². The van der Waals surface area contributed by atoms with Crippen molar-refractivity contribution in [3.8, 4) is 11.1 Å². The van der Waals surface area contributed by atoms with Crippen molar-refractivity contribution in [1.29, 1.82) is 0 Å². The smallest absolute Gasteiger partial charge is 0.0466 e. The van der Waals surface area contributed by atoms with Gasteiger partial charge in [0, 0.05) is 5.41 Å². The van der Waals surface area contributed by atoms with Gasteiger partial charge in [0.2, 0.25) is 0 Å². The van der Waals surface area contributed by atoms with Crippen LogP contribution in [0.5, 0.6) is 0 Å². The summed E-state index contributed by atoms with van der Waals surface area (Å²) in [6, 6.07) is 19.3. The first kappa shape index (κ1) is 22.8. The summed E-state index contributed by atoms with van der Waals surface area (Å²) in [5.41, 5.74) is 14.3. The van der Waals surface area contributed by atoms with Crippen molar-refractivity contribution in [2.75, 3.05) is 0 Å². The summed E-state index contributed by atoms with van der Waals surface area (Å²) in [6.07, 6.45) is 6.35. The first-order valence-corrected chi connectivity index (χ1v) is 12.6. The number of hydrogen-bond acceptors (Lipinski definition) is 0. The van der Waals surface area contributed by atoms with Crippen LogP contribution in [-0.2, 0) is 5.41 Å². The predicted molar refractivity (Wildman–Crippen MR) is 140 cm³/mol. The van der Waals surface area contributed by atoms with Gasteiger partial charge in [-0.3, -0.25) is 0 Å². The van der Waals surface area contributed by atoms with Crippen molar-refractivity contribution >= 4 is 0 Å². The molecule has 0 spiro atoms. The Morgan fingerprint density at radius 2 is 1.28 bits per heavy atom. The van der Waals surface area contributed by atoms with Crippen LogP contribution in [0, 0.1) is 40.5 Å². The van der Waals surface area contributed by atoms with Crippen LogP contribution in [0.4, 0.5) is 0 Å². The molecule has 1 atom stereocenters. The van der Waals surface area contributed by atoms with Gasteiger partial charge in [0.15, 0.2) is 0 Å². The fourth-order valence-electron chi connectivity index (χ4n) is 5.86. The molecule has 3 aromatic rings. The Kier molecular flexibility index (Phi) is 6.35. The summed E-state index contributed by atoms with van der Waals surface area (Å²) in [6.45, 7) is 16.0. The number of hydrogen-bond donors (Lipinski definition) is 0. The van der Waals surface area contributed by atoms with Crippen LogP contribution in [0.1, 0.15) is 90.5 Å². The second-order valence-electron chi connectivity index (χ2n) is 10.4. The Bertz CT molecular complexity index is 1070. The van der Waals surface area contributed by atoms with Crippen molar-refractivity contribution in [3.05, 3.63) is 93.0 Å². The van der Waals surface area contributed by atoms with Gasteiger partial charge in [-0.05, 0) is 97.0 Å². The van der Waals surface area contributed by atoms with Crippen molar-refractivity contribution < 1.29 is 0 Å². The van der Waals surface area contributed by atoms with E-state index < -0.39 is 0 Å². The van der Waals surface area contributed by atoms with E-state index in [-0.39, 0.29) is 5.41 Å². The number of unbranched alkanes of at least 4 members (excludes halogenated alkanes) is 1. The first-order chi connectivity index (χ1) is 15.3. The molecule has 32 heavy (non-hydrogen) atoms. The zero-order valence-electron chi connectivity index (χ0n) is 21.2. The molecule has 168 valence electrons. The number of benzene rings is 3. The van der Waals surface area contributed by atoms with E-state index in [2.05, 4.69) is 97.0 Å². The van der Waals surface area contributed by atoms with E-state index in [9.17, 15) is 0 Å². The van der Waals surface area contributed by atoms with Crippen LogP contribution in [0.2, 0.25) is 0 Å². The molecule has 0 heterocycles. The molecule has 1 aliphatic rings. The van der Waals surface area contributed by atoms with E-state index in [0.717, 1.165) is 5.92 Å². The lowest BCUT2D eigenvalue weighted by atomic mass is 9.65. The molecule has 0 fully saturated rings. The van der Waals surface area contributed by atoms with Crippen molar-refractivity contribution in [3.63, 3.8) is 0 Å². The average molecular weight is 425 g/mol. The summed E-state index contributed by atoms with van der Waals surface area (Å²) >= 11 is 0. The molecule has 0 heteroatoms. The van der Waals surface area contributed by atoms with Crippen molar-refractivity contribution in [2.45, 2.75) is 86.0 Å². The number of fused-ring (bicyclic) bond motifs is 3. The van der Waals surface area contributed by atoms with E-state index in [0.29, 0.717) is 0 Å². The molecule has 0 aromatic heterocycles. The SMILES string of the molecule is CCCCC(CC)CC1(c2cccc(C)c2)c2cc(C)c(C)cc2-c2cc(C)c(C)cc21. The van der Waals surface area contributed by atoms with Gasteiger partial charge in [-0.1, -0.05) is 93.6 Å². The van der Waals surface area contributed by atoms with E-state index in [1.54, 1.807) is 0 Å². The lowest BCUT2D eigenvalue weighted by Gasteiger charge is -2.37. The second-order valence-corrected chi connectivity index (χ2v) is 10.4. The van der Waals surface area contributed by atoms with Crippen LogP contribution in [-0.4, -0.2) is 0 Å². The highest BCUT2D eigenvalue weighted by atomic mass is 14.5. The molecule has 4 rings (SSSR count). The molecule has 0 saturated heterocycles. The molecule has 0 amide bonds. The molecule has 0 N–H and O–H groups in total. The lowest BCUT2D eigenvalue weighted by molar-refractivity contribution is 0.362. The molecule has 0 aliphatic heterocycles. The largest absolute Gasteiger partial charge is 0.0654 e. The maximum absolute atomic E-state index is 2.52. The minimum absolute atomic E-state index is 0.0674. The number of rotatable bonds is 7. The van der Waals surface area contributed by atoms with E-state index >= 15 is 0 Å². The Hall–Kier alpha value is -2.34. The summed E-state index contributed by atoms with van der Waals surface area (Å²) in [4.78, 5) is 0. The van der Waals surface area contributed by atoms with Gasteiger partial charge < -0.3 is 0 Å². The minimum Gasteiger partial charge on any atom is -0.0654 e. The maximum atomic E-state index is 2.52. The van der Waals surface area contributed by atoms with Crippen molar-refractivity contribution in [2.24, 2.45) is 5.92 Å². The third-order valence-electron chi connectivity index (χ3n) is 8.13. The number of aryl methyl sites for hydroxylation is 5. The molecule has 0 nitrogen and oxygen atoms in total. The Morgan fingerprint density at radius 3 is 1.78 bits per heavy atom. The van der Waals surface area contributed by atoms with E-state index in [1.165, 1.54) is 87.7 Å². The fraction of sp³-hybridized carbons (Fsp3) is 0.438. The summed E-state index contributed by atoms with van der Waals surface area (Å²) < 4.78 is 0. The fourth-order valence-corrected chi connectivity index (χ4v) is 5.86. The molecule has 1 unspecified atom stereocenters. The molecule has 3 aromatic carbocycles. The summed E-state index contributed by atoms with van der Waals surface area (Å²) in [7, 11) is 0. The second kappa shape index (κ2) is 8.89. The average Bonchev–Trinajstić information content (AvgIpc) is 3.01. The molecule has 0 bridgehead atoms. The predicted octanol–water partition coefficient (Wildman–Crippen LogP) is 9.15. The highest BCUT2D eigenvalue weighted by Crippen LogP contribution is 2.57. The Labute approximate surface area is 196 Å². The quantitative estimate of drug-likeness (QED) is 0.354. The zero-order chi connectivity index (χ0) is 23.0. The lowest BCUT2D eigenvalue weighted by Crippen LogP contribution is -2.30. The standard InChI is InChI=1S/C32H40/c1-8-10-13-26(9-2)20-32(27-14-11-12-21(3)15-27)30-18-24(6)22(4)16-28(30)29-17-23(5)25(7)19-31(29)32/h11-12,14-19,26H,8-10,13,20H2,1-7H3. The van der Waals surface area contributed by atoms with Crippen LogP contribution in [0.25, 0.3) is 11.1 Å². The Balaban J connectivity index is 2.07. The van der Waals surface area contributed by atoms with Gasteiger partial charge in [-0.2, -0.15) is 0 Å². The molecular formula is C32H40. The third-order valence-corrected chi connectivity index (χ3v) is 8.13. The topological polar surface area (TPSA) is 0 Å². The van der Waals surface area contributed by atoms with E-state index in [4.69, 9.17) is 0 Å². The highest BCUT2D eigenvalue weighted by molar-refractivity contribution is 5.85. The first-order valence-electron chi connectivity index (χ1n) is 12.6. The van der Waals surface area contributed by atoms with Crippen LogP contribution >= 0.6 is 0 Å². The van der Waals surface area contributed by atoms with Crippen molar-refractivity contribution in [1.82, 2.24) is 0 Å². The Morgan fingerprint density at radius 1 is 0.719 bits per heavy atom. The summed E-state index contributed by atoms with van der Waals surface area (Å²) in [5.74, 6) is 0.720. The third kappa shape index (κ3) is 3.72.